The summed E-state index contributed by atoms with van der Waals surface area (Å²) in [7, 11) is 0. The lowest BCUT2D eigenvalue weighted by molar-refractivity contribution is 0.0343. The molecule has 1 saturated carbocycles. The van der Waals surface area contributed by atoms with Crippen molar-refractivity contribution in [2.75, 3.05) is 26.0 Å². The largest absolute Gasteiger partial charge is 0.389 e. The zero-order chi connectivity index (χ0) is 15.3. The molecule has 0 aromatic carbocycles. The third kappa shape index (κ3) is 9.07. The van der Waals surface area contributed by atoms with Gasteiger partial charge < -0.3 is 15.2 Å². The van der Waals surface area contributed by atoms with E-state index in [2.05, 4.69) is 18.5 Å². The summed E-state index contributed by atoms with van der Waals surface area (Å²) in [5.74, 6) is 0. The molecular weight excluding hydrogens is 282 g/mol. The Kier molecular flexibility index (Phi) is 11.7. The smallest absolute Gasteiger partial charge is 0.0897 e. The van der Waals surface area contributed by atoms with E-state index in [1.54, 1.807) is 0 Å². The van der Waals surface area contributed by atoms with Crippen LogP contribution in [0.5, 0.6) is 0 Å². The molecule has 1 rings (SSSR count). The van der Waals surface area contributed by atoms with E-state index in [9.17, 15) is 5.11 Å². The fourth-order valence-corrected chi connectivity index (χ4v) is 3.96. The number of ether oxygens (including phenoxy) is 1. The van der Waals surface area contributed by atoms with Gasteiger partial charge in [0.25, 0.3) is 0 Å². The van der Waals surface area contributed by atoms with Crippen molar-refractivity contribution in [2.24, 2.45) is 0 Å². The van der Waals surface area contributed by atoms with Crippen LogP contribution in [0.4, 0.5) is 0 Å². The Hall–Kier alpha value is 0.230. The highest BCUT2D eigenvalue weighted by molar-refractivity contribution is 7.99. The van der Waals surface area contributed by atoms with Crippen LogP contribution in [-0.2, 0) is 4.74 Å². The molecule has 0 saturated heterocycles. The van der Waals surface area contributed by atoms with Crippen LogP contribution >= 0.6 is 11.8 Å². The molecule has 3 unspecified atom stereocenters. The van der Waals surface area contributed by atoms with Gasteiger partial charge >= 0.3 is 0 Å². The van der Waals surface area contributed by atoms with Gasteiger partial charge in [0.05, 0.1) is 12.7 Å². The number of aliphatic hydroxyl groups is 1. The van der Waals surface area contributed by atoms with E-state index in [0.29, 0.717) is 19.2 Å². The molecule has 0 bridgehead atoms. The highest BCUT2D eigenvalue weighted by atomic mass is 32.2. The molecule has 0 aromatic heterocycles. The van der Waals surface area contributed by atoms with Gasteiger partial charge in [-0.05, 0) is 25.5 Å². The van der Waals surface area contributed by atoms with Crippen molar-refractivity contribution in [1.29, 1.82) is 0 Å². The molecule has 2 N–H and O–H groups in total. The van der Waals surface area contributed by atoms with E-state index in [4.69, 9.17) is 4.74 Å². The molecule has 1 fully saturated rings. The molecule has 1 aliphatic carbocycles. The Morgan fingerprint density at radius 3 is 2.71 bits per heavy atom. The molecule has 21 heavy (non-hydrogen) atoms. The van der Waals surface area contributed by atoms with Crippen molar-refractivity contribution >= 4 is 11.8 Å². The lowest BCUT2D eigenvalue weighted by Gasteiger charge is -2.21. The van der Waals surface area contributed by atoms with Crippen molar-refractivity contribution in [3.05, 3.63) is 0 Å². The van der Waals surface area contributed by atoms with Gasteiger partial charge in [0, 0.05) is 24.4 Å². The summed E-state index contributed by atoms with van der Waals surface area (Å²) in [4.78, 5) is 0. The van der Waals surface area contributed by atoms with Crippen LogP contribution in [0.1, 0.15) is 64.7 Å². The second-order valence-corrected chi connectivity index (χ2v) is 7.29. The van der Waals surface area contributed by atoms with Gasteiger partial charge in [0.2, 0.25) is 0 Å². The minimum atomic E-state index is -0.367. The highest BCUT2D eigenvalue weighted by Crippen LogP contribution is 2.28. The number of thioether (sulfide) groups is 1. The molecule has 0 aliphatic heterocycles. The third-order valence-electron chi connectivity index (χ3n) is 4.32. The standard InChI is InChI=1S/C17H35NO2S/c1-3-4-5-6-7-8-12-20-14-15(19)13-18-16-10-9-11-17(16)21-2/h15-19H,3-14H2,1-2H3. The van der Waals surface area contributed by atoms with Crippen LogP contribution in [0.15, 0.2) is 0 Å². The molecule has 0 radical (unpaired) electrons. The molecule has 126 valence electrons. The summed E-state index contributed by atoms with van der Waals surface area (Å²) < 4.78 is 5.58. The second kappa shape index (κ2) is 12.7. The quantitative estimate of drug-likeness (QED) is 0.509. The summed E-state index contributed by atoms with van der Waals surface area (Å²) >= 11 is 1.95. The van der Waals surface area contributed by atoms with E-state index in [0.717, 1.165) is 18.3 Å². The van der Waals surface area contributed by atoms with Crippen LogP contribution in [0.3, 0.4) is 0 Å². The van der Waals surface area contributed by atoms with E-state index >= 15 is 0 Å². The van der Waals surface area contributed by atoms with Gasteiger partial charge in [0.15, 0.2) is 0 Å². The number of rotatable bonds is 13. The fraction of sp³-hybridized carbons (Fsp3) is 1.00. The number of unbranched alkanes of at least 4 members (excludes halogenated alkanes) is 5. The average Bonchev–Trinajstić information content (AvgIpc) is 2.95. The first-order chi connectivity index (χ1) is 10.3. The Morgan fingerprint density at radius 2 is 1.95 bits per heavy atom. The van der Waals surface area contributed by atoms with Gasteiger partial charge in [-0.1, -0.05) is 45.4 Å². The Morgan fingerprint density at radius 1 is 1.19 bits per heavy atom. The van der Waals surface area contributed by atoms with E-state index in [1.807, 2.05) is 11.8 Å². The molecule has 3 atom stereocenters. The number of hydrogen-bond acceptors (Lipinski definition) is 4. The van der Waals surface area contributed by atoms with Gasteiger partial charge in [-0.3, -0.25) is 0 Å². The first kappa shape index (κ1) is 19.3. The number of aliphatic hydroxyl groups excluding tert-OH is 1. The lowest BCUT2D eigenvalue weighted by atomic mass is 10.1. The summed E-state index contributed by atoms with van der Waals surface area (Å²) in [6.45, 7) is 4.17. The summed E-state index contributed by atoms with van der Waals surface area (Å²) in [5, 5.41) is 14.2. The monoisotopic (exact) mass is 317 g/mol. The van der Waals surface area contributed by atoms with Gasteiger partial charge in [-0.25, -0.2) is 0 Å². The molecule has 3 nitrogen and oxygen atoms in total. The molecule has 0 amide bonds. The zero-order valence-electron chi connectivity index (χ0n) is 14.0. The molecule has 0 heterocycles. The molecular formula is C17H35NO2S. The average molecular weight is 318 g/mol. The van der Waals surface area contributed by atoms with Crippen LogP contribution in [0, 0.1) is 0 Å². The molecule has 1 aliphatic rings. The minimum absolute atomic E-state index is 0.367. The maximum Gasteiger partial charge on any atom is 0.0897 e. The van der Waals surface area contributed by atoms with Crippen LogP contribution in [0.2, 0.25) is 0 Å². The lowest BCUT2D eigenvalue weighted by Crippen LogP contribution is -2.40. The Balaban J connectivity index is 1.90. The normalized spacial score (nSPS) is 23.6. The predicted molar refractivity (Wildman–Crippen MR) is 93.1 cm³/mol. The predicted octanol–water partition coefficient (Wildman–Crippen LogP) is 3.60. The van der Waals surface area contributed by atoms with Crippen LogP contribution < -0.4 is 5.32 Å². The fourth-order valence-electron chi connectivity index (χ4n) is 2.99. The Bertz CT molecular complexity index is 241. The maximum absolute atomic E-state index is 9.95. The topological polar surface area (TPSA) is 41.5 Å². The Labute approximate surface area is 135 Å². The first-order valence-electron chi connectivity index (χ1n) is 8.80. The molecule has 0 aromatic rings. The van der Waals surface area contributed by atoms with Crippen molar-refractivity contribution in [1.82, 2.24) is 5.32 Å². The second-order valence-electron chi connectivity index (χ2n) is 6.22. The first-order valence-corrected chi connectivity index (χ1v) is 10.1. The summed E-state index contributed by atoms with van der Waals surface area (Å²) in [5.41, 5.74) is 0. The maximum atomic E-state index is 9.95. The van der Waals surface area contributed by atoms with Crippen molar-refractivity contribution in [3.8, 4) is 0 Å². The van der Waals surface area contributed by atoms with E-state index in [1.165, 1.54) is 51.4 Å². The van der Waals surface area contributed by atoms with Crippen molar-refractivity contribution in [3.63, 3.8) is 0 Å². The van der Waals surface area contributed by atoms with Crippen LogP contribution in [0.25, 0.3) is 0 Å². The van der Waals surface area contributed by atoms with Gasteiger partial charge in [0.1, 0.15) is 0 Å². The SMILES string of the molecule is CCCCCCCCOCC(O)CNC1CCCC1SC. The van der Waals surface area contributed by atoms with Crippen molar-refractivity contribution in [2.45, 2.75) is 82.1 Å². The highest BCUT2D eigenvalue weighted by Gasteiger charge is 2.26. The van der Waals surface area contributed by atoms with E-state index in [-0.39, 0.29) is 6.10 Å². The third-order valence-corrected chi connectivity index (χ3v) is 5.49. The minimum Gasteiger partial charge on any atom is -0.389 e. The molecule has 0 spiro atoms. The molecule has 4 heteroatoms. The van der Waals surface area contributed by atoms with E-state index < -0.39 is 0 Å². The van der Waals surface area contributed by atoms with Gasteiger partial charge in [-0.15, -0.1) is 0 Å². The van der Waals surface area contributed by atoms with Crippen LogP contribution in [-0.4, -0.2) is 48.5 Å². The van der Waals surface area contributed by atoms with Crippen molar-refractivity contribution < 1.29 is 9.84 Å². The summed E-state index contributed by atoms with van der Waals surface area (Å²) in [6.07, 6.45) is 13.4. The number of hydrogen-bond donors (Lipinski definition) is 2. The zero-order valence-corrected chi connectivity index (χ0v) is 14.8. The summed E-state index contributed by atoms with van der Waals surface area (Å²) in [6, 6.07) is 0.577. The van der Waals surface area contributed by atoms with Gasteiger partial charge in [-0.2, -0.15) is 11.8 Å². The number of nitrogens with one attached hydrogen (secondary N) is 1.